The van der Waals surface area contributed by atoms with E-state index in [0.29, 0.717) is 5.69 Å². The Morgan fingerprint density at radius 3 is 2.80 bits per heavy atom. The molecule has 1 aromatic carbocycles. The van der Waals surface area contributed by atoms with E-state index in [1.54, 1.807) is 11.9 Å². The number of carbonyl (C=O) groups is 2. The fourth-order valence-corrected chi connectivity index (χ4v) is 2.49. The SMILES string of the molecule is CC1C(=O)N(C)c2ccc(-c3cc(C(=O)O)[nH]n3)cc21. The Balaban J connectivity index is 2.05. The van der Waals surface area contributed by atoms with Gasteiger partial charge in [0.1, 0.15) is 5.69 Å². The van der Waals surface area contributed by atoms with Crippen molar-refractivity contribution in [1.82, 2.24) is 10.2 Å². The van der Waals surface area contributed by atoms with Crippen molar-refractivity contribution in [1.29, 1.82) is 0 Å². The number of nitrogens with one attached hydrogen (secondary N) is 1. The zero-order valence-electron chi connectivity index (χ0n) is 11.0. The highest BCUT2D eigenvalue weighted by atomic mass is 16.4. The lowest BCUT2D eigenvalue weighted by Gasteiger charge is -2.09. The number of aromatic amines is 1. The van der Waals surface area contributed by atoms with E-state index < -0.39 is 5.97 Å². The Labute approximate surface area is 115 Å². The summed E-state index contributed by atoms with van der Waals surface area (Å²) in [6.07, 6.45) is 0. The maximum atomic E-state index is 11.9. The van der Waals surface area contributed by atoms with Gasteiger partial charge in [-0.3, -0.25) is 9.89 Å². The van der Waals surface area contributed by atoms with Crippen molar-refractivity contribution >= 4 is 17.6 Å². The fraction of sp³-hybridized carbons (Fsp3) is 0.214. The molecule has 1 atom stereocenters. The van der Waals surface area contributed by atoms with E-state index in [2.05, 4.69) is 10.2 Å². The average Bonchev–Trinajstić information content (AvgIpc) is 3.00. The molecule has 0 saturated carbocycles. The number of hydrogen-bond acceptors (Lipinski definition) is 3. The van der Waals surface area contributed by atoms with Gasteiger partial charge in [-0.1, -0.05) is 6.07 Å². The second-order valence-electron chi connectivity index (χ2n) is 4.86. The highest BCUT2D eigenvalue weighted by Crippen LogP contribution is 2.38. The molecule has 6 nitrogen and oxygen atoms in total. The zero-order valence-corrected chi connectivity index (χ0v) is 11.0. The van der Waals surface area contributed by atoms with Gasteiger partial charge in [0.05, 0.1) is 11.6 Å². The summed E-state index contributed by atoms with van der Waals surface area (Å²) >= 11 is 0. The minimum absolute atomic E-state index is 0.0433. The van der Waals surface area contributed by atoms with Gasteiger partial charge in [-0.15, -0.1) is 0 Å². The van der Waals surface area contributed by atoms with Crippen molar-refractivity contribution in [2.75, 3.05) is 11.9 Å². The molecule has 20 heavy (non-hydrogen) atoms. The number of carbonyl (C=O) groups excluding carboxylic acids is 1. The molecular weight excluding hydrogens is 258 g/mol. The van der Waals surface area contributed by atoms with Crippen molar-refractivity contribution in [3.05, 3.63) is 35.5 Å². The van der Waals surface area contributed by atoms with E-state index in [0.717, 1.165) is 16.8 Å². The van der Waals surface area contributed by atoms with E-state index in [-0.39, 0.29) is 17.5 Å². The van der Waals surface area contributed by atoms with Gasteiger partial charge in [0, 0.05) is 18.3 Å². The number of carboxylic acid groups (broad SMARTS) is 1. The molecule has 1 amide bonds. The minimum atomic E-state index is -1.05. The lowest BCUT2D eigenvalue weighted by Crippen LogP contribution is -2.22. The summed E-state index contributed by atoms with van der Waals surface area (Å²) in [4.78, 5) is 24.4. The van der Waals surface area contributed by atoms with Crippen molar-refractivity contribution in [2.45, 2.75) is 12.8 Å². The van der Waals surface area contributed by atoms with Crippen molar-refractivity contribution in [2.24, 2.45) is 0 Å². The monoisotopic (exact) mass is 271 g/mol. The topological polar surface area (TPSA) is 86.3 Å². The molecule has 1 aromatic heterocycles. The van der Waals surface area contributed by atoms with Gasteiger partial charge in [0.2, 0.25) is 5.91 Å². The largest absolute Gasteiger partial charge is 0.477 e. The molecule has 3 rings (SSSR count). The number of likely N-dealkylation sites (N-methyl/N-ethyl adjacent to an activating group) is 1. The summed E-state index contributed by atoms with van der Waals surface area (Å²) in [7, 11) is 1.75. The lowest BCUT2D eigenvalue weighted by atomic mass is 9.99. The number of aromatic carboxylic acids is 1. The van der Waals surface area contributed by atoms with Crippen LogP contribution in [0.15, 0.2) is 24.3 Å². The molecule has 2 heterocycles. The maximum Gasteiger partial charge on any atom is 0.353 e. The van der Waals surface area contributed by atoms with Crippen LogP contribution >= 0.6 is 0 Å². The first-order chi connectivity index (χ1) is 9.49. The molecule has 0 fully saturated rings. The average molecular weight is 271 g/mol. The van der Waals surface area contributed by atoms with Crippen molar-refractivity contribution in [3.8, 4) is 11.3 Å². The predicted octanol–water partition coefficient (Wildman–Crippen LogP) is 1.85. The van der Waals surface area contributed by atoms with Crippen molar-refractivity contribution in [3.63, 3.8) is 0 Å². The number of hydrogen-bond donors (Lipinski definition) is 2. The number of H-pyrrole nitrogens is 1. The van der Waals surface area contributed by atoms with E-state index in [1.165, 1.54) is 6.07 Å². The Morgan fingerprint density at radius 2 is 2.15 bits per heavy atom. The highest BCUT2D eigenvalue weighted by molar-refractivity contribution is 6.04. The third-order valence-corrected chi connectivity index (χ3v) is 3.66. The summed E-state index contributed by atoms with van der Waals surface area (Å²) in [5.41, 5.74) is 3.22. The maximum absolute atomic E-state index is 11.9. The van der Waals surface area contributed by atoms with E-state index in [4.69, 9.17) is 5.11 Å². The quantitative estimate of drug-likeness (QED) is 0.872. The molecule has 102 valence electrons. The lowest BCUT2D eigenvalue weighted by molar-refractivity contribution is -0.118. The van der Waals surface area contributed by atoms with Gasteiger partial charge in [-0.25, -0.2) is 4.79 Å². The highest BCUT2D eigenvalue weighted by Gasteiger charge is 2.31. The van der Waals surface area contributed by atoms with Gasteiger partial charge in [0.15, 0.2) is 0 Å². The van der Waals surface area contributed by atoms with Crippen LogP contribution in [0, 0.1) is 0 Å². The summed E-state index contributed by atoms with van der Waals surface area (Å²) in [5, 5.41) is 15.4. The Morgan fingerprint density at radius 1 is 1.40 bits per heavy atom. The van der Waals surface area contributed by atoms with Gasteiger partial charge in [0.25, 0.3) is 0 Å². The molecule has 1 aliphatic rings. The second kappa shape index (κ2) is 4.19. The van der Waals surface area contributed by atoms with Gasteiger partial charge in [-0.05, 0) is 30.7 Å². The second-order valence-corrected chi connectivity index (χ2v) is 4.86. The van der Waals surface area contributed by atoms with Gasteiger partial charge in [-0.2, -0.15) is 5.10 Å². The third kappa shape index (κ3) is 1.69. The minimum Gasteiger partial charge on any atom is -0.477 e. The van der Waals surface area contributed by atoms with Crippen LogP contribution in [0.4, 0.5) is 5.69 Å². The van der Waals surface area contributed by atoms with E-state index in [1.807, 2.05) is 25.1 Å². The number of amides is 1. The number of nitrogens with zero attached hydrogens (tertiary/aromatic N) is 2. The number of rotatable bonds is 2. The first kappa shape index (κ1) is 12.4. The molecule has 0 aliphatic carbocycles. The Bertz CT molecular complexity index is 720. The predicted molar refractivity (Wildman–Crippen MR) is 72.8 cm³/mol. The van der Waals surface area contributed by atoms with Crippen LogP contribution in [0.25, 0.3) is 11.3 Å². The molecule has 0 radical (unpaired) electrons. The number of carboxylic acids is 1. The molecule has 0 saturated heterocycles. The number of anilines is 1. The molecular formula is C14H13N3O3. The third-order valence-electron chi connectivity index (χ3n) is 3.66. The number of benzene rings is 1. The van der Waals surface area contributed by atoms with Crippen LogP contribution < -0.4 is 4.90 Å². The summed E-state index contributed by atoms with van der Waals surface area (Å²) in [6.45, 7) is 1.86. The summed E-state index contributed by atoms with van der Waals surface area (Å²) < 4.78 is 0. The molecule has 1 unspecified atom stereocenters. The molecule has 2 N–H and O–H groups in total. The fourth-order valence-electron chi connectivity index (χ4n) is 2.49. The van der Waals surface area contributed by atoms with Crippen molar-refractivity contribution < 1.29 is 14.7 Å². The molecule has 0 spiro atoms. The van der Waals surface area contributed by atoms with Crippen LogP contribution in [0.1, 0.15) is 28.9 Å². The smallest absolute Gasteiger partial charge is 0.353 e. The summed E-state index contributed by atoms with van der Waals surface area (Å²) in [6, 6.07) is 7.07. The van der Waals surface area contributed by atoms with Gasteiger partial charge < -0.3 is 10.0 Å². The Kier molecular flexibility index (Phi) is 2.60. The Hall–Kier alpha value is -2.63. The van der Waals surface area contributed by atoms with Crippen LogP contribution in [0.2, 0.25) is 0 Å². The van der Waals surface area contributed by atoms with E-state index in [9.17, 15) is 9.59 Å². The normalized spacial score (nSPS) is 17.4. The molecule has 0 bridgehead atoms. The number of fused-ring (bicyclic) bond motifs is 1. The molecule has 1 aliphatic heterocycles. The van der Waals surface area contributed by atoms with E-state index >= 15 is 0 Å². The first-order valence-corrected chi connectivity index (χ1v) is 6.19. The van der Waals surface area contributed by atoms with Crippen LogP contribution in [-0.4, -0.2) is 34.2 Å². The molecule has 6 heteroatoms. The standard InChI is InChI=1S/C14H13N3O3/c1-7-9-5-8(3-4-12(9)17(2)13(7)18)10-6-11(14(19)20)16-15-10/h3-7H,1-2H3,(H,15,16)(H,19,20). The van der Waals surface area contributed by atoms with Crippen LogP contribution in [0.5, 0.6) is 0 Å². The molecule has 2 aromatic rings. The summed E-state index contributed by atoms with van der Waals surface area (Å²) in [5.74, 6) is -1.17. The zero-order chi connectivity index (χ0) is 14.4. The number of aromatic nitrogens is 2. The first-order valence-electron chi connectivity index (χ1n) is 6.19. The van der Waals surface area contributed by atoms with Crippen LogP contribution in [-0.2, 0) is 4.79 Å². The van der Waals surface area contributed by atoms with Gasteiger partial charge >= 0.3 is 5.97 Å². The van der Waals surface area contributed by atoms with Crippen LogP contribution in [0.3, 0.4) is 0 Å².